The van der Waals surface area contributed by atoms with Gasteiger partial charge in [0.1, 0.15) is 0 Å². The number of hydrogen-bond donors (Lipinski definition) is 1. The third-order valence-corrected chi connectivity index (χ3v) is 1.20. The van der Waals surface area contributed by atoms with E-state index in [4.69, 9.17) is 5.73 Å². The Labute approximate surface area is 109 Å². The van der Waals surface area contributed by atoms with Gasteiger partial charge < -0.3 is 12.7 Å². The van der Waals surface area contributed by atoms with Crippen LogP contribution in [-0.2, 0) is 27.6 Å². The van der Waals surface area contributed by atoms with Crippen molar-refractivity contribution >= 4 is 0 Å². The minimum Gasteiger partial charge on any atom is -0.340 e. The van der Waals surface area contributed by atoms with Crippen LogP contribution in [-0.4, -0.2) is 0 Å². The number of allylic oxidation sites excluding steroid dienone is 1. The molecule has 0 unspecified atom stereocenters. The van der Waals surface area contributed by atoms with Crippen molar-refractivity contribution in [3.05, 3.63) is 55.5 Å². The quantitative estimate of drug-likeness (QED) is 0.623. The molecule has 0 aliphatic carbocycles. The molecule has 15 heavy (non-hydrogen) atoms. The van der Waals surface area contributed by atoms with Crippen LogP contribution >= 0.6 is 0 Å². The summed E-state index contributed by atoms with van der Waals surface area (Å²) < 4.78 is 0. The Hall–Kier alpha value is -0.392. The Balaban J connectivity index is -0.000000179. The van der Waals surface area contributed by atoms with Gasteiger partial charge in [-0.25, -0.2) is 0 Å². The van der Waals surface area contributed by atoms with Gasteiger partial charge in [0, 0.05) is 0 Å². The second kappa shape index (κ2) is 19.2. The van der Waals surface area contributed by atoms with Crippen molar-refractivity contribution in [3.63, 3.8) is 0 Å². The average molecular weight is 375 g/mol. The molecule has 1 nitrogen and oxygen atoms in total. The normalized spacial score (nSPS) is 6.93. The summed E-state index contributed by atoms with van der Waals surface area (Å²) in [5.41, 5.74) is 6.38. The predicted octanol–water partition coefficient (Wildman–Crippen LogP) is 3.37. The van der Waals surface area contributed by atoms with Gasteiger partial charge in [-0.2, -0.15) is 36.8 Å². The second-order valence-electron chi connectivity index (χ2n) is 2.17. The van der Waals surface area contributed by atoms with Crippen LogP contribution in [0.3, 0.4) is 0 Å². The van der Waals surface area contributed by atoms with Crippen molar-refractivity contribution in [1.29, 1.82) is 0 Å². The van der Waals surface area contributed by atoms with E-state index >= 15 is 0 Å². The van der Waals surface area contributed by atoms with Crippen molar-refractivity contribution in [2.24, 2.45) is 5.73 Å². The largest absolute Gasteiger partial charge is 2.00 e. The van der Waals surface area contributed by atoms with Crippen LogP contribution in [0.15, 0.2) is 36.9 Å². The molecule has 84 valence electrons. The molecule has 0 spiro atoms. The summed E-state index contributed by atoms with van der Waals surface area (Å²) in [4.78, 5) is 0. The maximum atomic E-state index is 5.32. The van der Waals surface area contributed by atoms with Crippen LogP contribution in [0.4, 0.5) is 0 Å². The third kappa shape index (κ3) is 16.3. The van der Waals surface area contributed by atoms with Gasteiger partial charge in [0.25, 0.3) is 0 Å². The van der Waals surface area contributed by atoms with Crippen molar-refractivity contribution in [2.75, 3.05) is 0 Å². The van der Waals surface area contributed by atoms with E-state index in [2.05, 4.69) is 19.6 Å². The number of rotatable bonds is 2. The van der Waals surface area contributed by atoms with Crippen LogP contribution in [0, 0.1) is 13.0 Å². The van der Waals surface area contributed by atoms with E-state index in [1.165, 1.54) is 0 Å². The maximum absolute atomic E-state index is 5.32. The van der Waals surface area contributed by atoms with Crippen molar-refractivity contribution in [1.82, 2.24) is 0 Å². The van der Waals surface area contributed by atoms with E-state index in [1.54, 1.807) is 6.08 Å². The fraction of sp³-hybridized carbons (Fsp3) is 0.308. The summed E-state index contributed by atoms with van der Waals surface area (Å²) >= 11 is 0. The standard InChI is InChI=1S/C7H8N.C4H7.C2H6.W/c8-6-7-4-2-1-3-5-7;1-3-4-2;1-2;/h1-4H,6,8H2;3H,1-2,4H2;1-2H3;/q2*-1;;+2. The molecule has 1 aromatic rings. The summed E-state index contributed by atoms with van der Waals surface area (Å²) in [5, 5.41) is 0. The van der Waals surface area contributed by atoms with E-state index in [-0.39, 0.29) is 21.1 Å². The second-order valence-corrected chi connectivity index (χ2v) is 2.17. The maximum Gasteiger partial charge on any atom is 2.00 e. The average Bonchev–Trinajstić information content (AvgIpc) is 2.33. The fourth-order valence-corrected chi connectivity index (χ4v) is 0.557. The fourth-order valence-electron chi connectivity index (χ4n) is 0.557. The molecule has 0 fully saturated rings. The van der Waals surface area contributed by atoms with Crippen molar-refractivity contribution in [2.45, 2.75) is 26.8 Å². The molecular formula is C13H21NW. The van der Waals surface area contributed by atoms with Gasteiger partial charge in [0.2, 0.25) is 0 Å². The van der Waals surface area contributed by atoms with Gasteiger partial charge in [0.05, 0.1) is 0 Å². The van der Waals surface area contributed by atoms with Crippen LogP contribution < -0.4 is 5.73 Å². The molecule has 0 aromatic heterocycles. The monoisotopic (exact) mass is 375 g/mol. The summed E-state index contributed by atoms with van der Waals surface area (Å²) in [7, 11) is 0. The van der Waals surface area contributed by atoms with E-state index in [0.717, 1.165) is 12.0 Å². The predicted molar refractivity (Wildman–Crippen MR) is 64.7 cm³/mol. The first kappa shape index (κ1) is 20.1. The smallest absolute Gasteiger partial charge is 0.340 e. The minimum absolute atomic E-state index is 0. The first-order chi connectivity index (χ1) is 6.85. The van der Waals surface area contributed by atoms with Gasteiger partial charge >= 0.3 is 21.1 Å². The van der Waals surface area contributed by atoms with E-state index in [9.17, 15) is 0 Å². The summed E-state index contributed by atoms with van der Waals surface area (Å²) in [6.07, 6.45) is 2.60. The van der Waals surface area contributed by atoms with E-state index in [0.29, 0.717) is 6.54 Å². The molecule has 0 atom stereocenters. The van der Waals surface area contributed by atoms with E-state index < -0.39 is 0 Å². The molecule has 0 saturated carbocycles. The van der Waals surface area contributed by atoms with Crippen LogP contribution in [0.25, 0.3) is 0 Å². The zero-order chi connectivity index (χ0) is 11.2. The van der Waals surface area contributed by atoms with Crippen LogP contribution in [0.1, 0.15) is 25.8 Å². The molecule has 0 amide bonds. The topological polar surface area (TPSA) is 26.0 Å². The molecule has 0 aliphatic heterocycles. The molecule has 0 bridgehead atoms. The Kier molecular flexibility index (Phi) is 25.7. The van der Waals surface area contributed by atoms with Gasteiger partial charge in [-0.05, 0) is 6.54 Å². The molecule has 1 aromatic carbocycles. The number of nitrogens with two attached hydrogens (primary N) is 1. The molecular weight excluding hydrogens is 354 g/mol. The number of hydrogen-bond acceptors (Lipinski definition) is 1. The first-order valence-corrected chi connectivity index (χ1v) is 4.91. The van der Waals surface area contributed by atoms with Crippen LogP contribution in [0.5, 0.6) is 0 Å². The molecule has 0 aliphatic rings. The molecule has 0 radical (unpaired) electrons. The first-order valence-electron chi connectivity index (χ1n) is 4.91. The zero-order valence-corrected chi connectivity index (χ0v) is 12.6. The van der Waals surface area contributed by atoms with Gasteiger partial charge in [0.15, 0.2) is 0 Å². The molecule has 0 heterocycles. The van der Waals surface area contributed by atoms with Crippen molar-refractivity contribution < 1.29 is 21.1 Å². The molecule has 1 rings (SSSR count). The SMILES string of the molecule is C=CC[CH2-].CC.NCc1[c-]cccc1.[W+2]. The Morgan fingerprint density at radius 1 is 1.47 bits per heavy atom. The van der Waals surface area contributed by atoms with Crippen LogP contribution in [0.2, 0.25) is 0 Å². The Bertz CT molecular complexity index is 197. The van der Waals surface area contributed by atoms with Gasteiger partial charge in [-0.1, -0.05) is 13.8 Å². The molecule has 2 N–H and O–H groups in total. The summed E-state index contributed by atoms with van der Waals surface area (Å²) in [5.74, 6) is 0. The van der Waals surface area contributed by atoms with Gasteiger partial charge in [-0.3, -0.25) is 0 Å². The third-order valence-electron chi connectivity index (χ3n) is 1.20. The van der Waals surface area contributed by atoms with Crippen molar-refractivity contribution in [3.8, 4) is 0 Å². The van der Waals surface area contributed by atoms with E-state index in [1.807, 2.05) is 38.1 Å². The molecule has 0 saturated heterocycles. The Morgan fingerprint density at radius 3 is 2.20 bits per heavy atom. The zero-order valence-electron chi connectivity index (χ0n) is 9.70. The minimum atomic E-state index is 0. The molecule has 2 heteroatoms. The summed E-state index contributed by atoms with van der Waals surface area (Å²) in [6.45, 7) is 11.5. The van der Waals surface area contributed by atoms with Gasteiger partial charge in [-0.15, -0.1) is 18.2 Å². The number of benzene rings is 1. The summed E-state index contributed by atoms with van der Waals surface area (Å²) in [6, 6.07) is 10.7. The Morgan fingerprint density at radius 2 is 2.00 bits per heavy atom.